The van der Waals surface area contributed by atoms with E-state index in [1.165, 1.54) is 42.6 Å². The van der Waals surface area contributed by atoms with Crippen molar-refractivity contribution in [3.05, 3.63) is 190 Å². The lowest BCUT2D eigenvalue weighted by molar-refractivity contribution is 0.0609. The second-order valence-electron chi connectivity index (χ2n) is 21.9. The Bertz CT molecular complexity index is 3390. The third kappa shape index (κ3) is 15.4. The van der Waals surface area contributed by atoms with E-state index in [4.69, 9.17) is 28.9 Å². The molecule has 6 heterocycles. The number of para-hydroxylation sites is 4. The van der Waals surface area contributed by atoms with Crippen LogP contribution in [0.15, 0.2) is 133 Å². The van der Waals surface area contributed by atoms with Crippen LogP contribution in [0.5, 0.6) is 11.5 Å². The largest absolute Gasteiger partial charge is 0.489 e. The van der Waals surface area contributed by atoms with Crippen molar-refractivity contribution < 1.29 is 47.5 Å². The Labute approximate surface area is 491 Å². The first-order valence-corrected chi connectivity index (χ1v) is 30.2. The third-order valence-electron chi connectivity index (χ3n) is 16.3. The average molecular weight is 1200 g/mol. The van der Waals surface area contributed by atoms with E-state index in [9.17, 15) is 28.6 Å². The number of nitrogens with zero attached hydrogens (tertiary/aromatic N) is 5. The molecule has 0 radical (unpaired) electrons. The van der Waals surface area contributed by atoms with E-state index < -0.39 is 0 Å². The van der Waals surface area contributed by atoms with Crippen molar-refractivity contribution in [3.63, 3.8) is 0 Å². The fraction of sp³-hybridized carbons (Fsp3) is 0.394. The number of nitrogens with one attached hydrogen (secondary N) is 1. The Hall–Kier alpha value is -7.02. The number of benzene rings is 6. The van der Waals surface area contributed by atoms with Gasteiger partial charge in [-0.3, -0.25) is 9.59 Å². The number of aliphatic hydroxyl groups excluding tert-OH is 2. The van der Waals surface area contributed by atoms with E-state index in [2.05, 4.69) is 43.7 Å². The van der Waals surface area contributed by atoms with Gasteiger partial charge in [-0.2, -0.15) is 0 Å². The topological polar surface area (TPSA) is 165 Å². The summed E-state index contributed by atoms with van der Waals surface area (Å²) in [5.74, 6) is 4.36. The number of aromatic amines is 1. The Morgan fingerprint density at radius 1 is 0.578 bits per heavy atom. The lowest BCUT2D eigenvalue weighted by Crippen LogP contribution is -2.38. The van der Waals surface area contributed by atoms with Gasteiger partial charge in [-0.05, 0) is 159 Å². The molecule has 4 aliphatic rings. The lowest BCUT2D eigenvalue weighted by Gasteiger charge is -2.33. The van der Waals surface area contributed by atoms with Gasteiger partial charge < -0.3 is 48.5 Å². The van der Waals surface area contributed by atoms with Gasteiger partial charge in [0, 0.05) is 98.6 Å². The Kier molecular flexibility index (Phi) is 20.7. The molecule has 0 unspecified atom stereocenters. The van der Waals surface area contributed by atoms with E-state index in [-0.39, 0.29) is 55.8 Å². The van der Waals surface area contributed by atoms with Gasteiger partial charge in [0.2, 0.25) is 0 Å². The maximum Gasteiger partial charge on any atom is 0.253 e. The Morgan fingerprint density at radius 2 is 1.08 bits per heavy atom. The molecule has 8 aromatic rings. The van der Waals surface area contributed by atoms with Crippen LogP contribution in [-0.2, 0) is 42.4 Å². The molecule has 4 fully saturated rings. The first-order valence-electron chi connectivity index (χ1n) is 29.0. The average Bonchev–Trinajstić information content (AvgIpc) is 4.30. The molecule has 0 bridgehead atoms. The van der Waals surface area contributed by atoms with Crippen LogP contribution in [0, 0.1) is 23.5 Å². The normalized spacial score (nSPS) is 16.5. The molecule has 0 spiro atoms. The van der Waals surface area contributed by atoms with Crippen LogP contribution in [0.3, 0.4) is 0 Å². The van der Waals surface area contributed by atoms with Crippen LogP contribution in [-0.4, -0.2) is 109 Å². The Balaban J connectivity index is 0.000000165. The van der Waals surface area contributed by atoms with Crippen LogP contribution in [0.2, 0.25) is 0 Å². The molecule has 83 heavy (non-hydrogen) atoms. The zero-order chi connectivity index (χ0) is 57.5. The summed E-state index contributed by atoms with van der Waals surface area (Å²) in [6.45, 7) is 6.96. The Morgan fingerprint density at radius 3 is 1.59 bits per heavy atom. The number of rotatable bonds is 15. The lowest BCUT2D eigenvalue weighted by atomic mass is 9.94. The molecule has 0 atom stereocenters. The van der Waals surface area contributed by atoms with Crippen LogP contribution < -0.4 is 9.47 Å². The second kappa shape index (κ2) is 29.0. The van der Waals surface area contributed by atoms with E-state index >= 15 is 0 Å². The van der Waals surface area contributed by atoms with Crippen molar-refractivity contribution in [1.29, 1.82) is 0 Å². The number of aromatic nitrogens is 4. The number of ether oxygens (including phenoxy) is 4. The molecule has 0 aliphatic carbocycles. The number of likely N-dealkylation sites (tertiary alicyclic amines) is 2. The highest BCUT2D eigenvalue weighted by molar-refractivity contribution is 9.09. The van der Waals surface area contributed by atoms with Gasteiger partial charge in [0.25, 0.3) is 11.8 Å². The highest BCUT2D eigenvalue weighted by Crippen LogP contribution is 2.34. The molecule has 0 saturated carbocycles. The molecule has 4 saturated heterocycles. The van der Waals surface area contributed by atoms with E-state index in [0.29, 0.717) is 82.9 Å². The van der Waals surface area contributed by atoms with Crippen LogP contribution in [0.25, 0.3) is 22.1 Å². The number of fused-ring (bicyclic) bond motifs is 2. The monoisotopic (exact) mass is 1190 g/mol. The van der Waals surface area contributed by atoms with Crippen molar-refractivity contribution in [2.75, 3.05) is 57.9 Å². The molecule has 2 aromatic heterocycles. The zero-order valence-corrected chi connectivity index (χ0v) is 48.4. The number of hydrogen-bond donors (Lipinski definition) is 3. The first-order chi connectivity index (χ1) is 40.6. The molecular weight excluding hydrogens is 1120 g/mol. The fourth-order valence-corrected chi connectivity index (χ4v) is 12.1. The highest BCUT2D eigenvalue weighted by atomic mass is 79.9. The maximum atomic E-state index is 13.5. The van der Waals surface area contributed by atoms with Gasteiger partial charge in [0.05, 0.1) is 35.3 Å². The van der Waals surface area contributed by atoms with Crippen molar-refractivity contribution in [1.82, 2.24) is 29.3 Å². The smallest absolute Gasteiger partial charge is 0.253 e. The van der Waals surface area contributed by atoms with Gasteiger partial charge in [-0.15, -0.1) is 0 Å². The summed E-state index contributed by atoms with van der Waals surface area (Å²) in [7, 11) is 0. The standard InChI is InChI=1S/C33H36FN3O4.C27H26FN3O3.C6H11BrO/c34-28-5-3-4-24(18-28)22-41-31-9-8-26(19-27(31)21-38)33(39)36-14-10-25(11-15-36)32-35-29-6-1-2-7-30(29)37(32)20-23-12-16-40-17-13-23;28-22-5-3-4-18(14-22)17-34-25-9-8-20(15-21(25)16-32)27(33)31-12-10-19(11-13-31)26-29-23-6-1-2-7-24(23)30-26;7-5-6-1-3-8-4-2-6/h1-9,18-19,23,25,38H,10-17,20-22H2;1-9,14-15,19,32H,10-13,16-17H2,(H,29,30);6H,1-5H2. The van der Waals surface area contributed by atoms with Crippen molar-refractivity contribution in [2.45, 2.75) is 96.2 Å². The summed E-state index contributed by atoms with van der Waals surface area (Å²) >= 11 is 3.46. The minimum Gasteiger partial charge on any atom is -0.489 e. The number of aliphatic hydroxyl groups is 2. The third-order valence-corrected chi connectivity index (χ3v) is 17.2. The molecule has 14 nitrogen and oxygen atoms in total. The van der Waals surface area contributed by atoms with Crippen molar-refractivity contribution in [2.24, 2.45) is 11.8 Å². The van der Waals surface area contributed by atoms with Crippen molar-refractivity contribution >= 4 is 49.8 Å². The first kappa shape index (κ1) is 59.2. The zero-order valence-electron chi connectivity index (χ0n) is 46.8. The van der Waals surface area contributed by atoms with Gasteiger partial charge in [-0.25, -0.2) is 18.7 Å². The van der Waals surface area contributed by atoms with Crippen LogP contribution in [0.4, 0.5) is 8.78 Å². The quantitative estimate of drug-likeness (QED) is 0.0842. The molecular formula is C66H73BrF2N6O8. The van der Waals surface area contributed by atoms with Gasteiger partial charge in [0.1, 0.15) is 48.0 Å². The predicted octanol–water partition coefficient (Wildman–Crippen LogP) is 12.3. The van der Waals surface area contributed by atoms with E-state index in [0.717, 1.165) is 111 Å². The fourth-order valence-electron chi connectivity index (χ4n) is 11.4. The summed E-state index contributed by atoms with van der Waals surface area (Å²) < 4.78 is 51.7. The summed E-state index contributed by atoms with van der Waals surface area (Å²) in [5.41, 5.74) is 7.70. The number of halogens is 3. The summed E-state index contributed by atoms with van der Waals surface area (Å²) in [6, 6.07) is 39.0. The summed E-state index contributed by atoms with van der Waals surface area (Å²) in [4.78, 5) is 43.5. The number of alkyl halides is 1. The SMILES string of the molecule is BrCC1CCOCC1.O=C(c1ccc(OCc2cccc(F)c2)c(CO)c1)N1CCC(c2nc3ccccc3[nH]2)CC1.O=C(c1ccc(OCc2cccc(F)c2)c(CO)c1)N1CCC(c2nc3ccccc3n2CC2CCOCC2)CC1. The number of amides is 2. The minimum atomic E-state index is -0.325. The molecule has 2 amide bonds. The molecule has 436 valence electrons. The molecule has 3 N–H and O–H groups in total. The molecule has 6 aromatic carbocycles. The van der Waals surface area contributed by atoms with Gasteiger partial charge in [-0.1, -0.05) is 64.5 Å². The maximum absolute atomic E-state index is 13.5. The summed E-state index contributed by atoms with van der Waals surface area (Å²) in [6.07, 6.45) is 8.01. The highest BCUT2D eigenvalue weighted by Gasteiger charge is 2.31. The predicted molar refractivity (Wildman–Crippen MR) is 319 cm³/mol. The second-order valence-corrected chi connectivity index (χ2v) is 22.6. The number of piperidine rings is 2. The van der Waals surface area contributed by atoms with Crippen LogP contribution >= 0.6 is 15.9 Å². The minimum absolute atomic E-state index is 0.0504. The van der Waals surface area contributed by atoms with E-state index in [1.54, 1.807) is 60.7 Å². The summed E-state index contributed by atoms with van der Waals surface area (Å²) in [5, 5.41) is 20.9. The van der Waals surface area contributed by atoms with Crippen molar-refractivity contribution in [3.8, 4) is 11.5 Å². The number of imidazole rings is 2. The molecule has 17 heteroatoms. The van der Waals surface area contributed by atoms with Gasteiger partial charge >= 0.3 is 0 Å². The number of hydrogen-bond acceptors (Lipinski definition) is 10. The number of carbonyl (C=O) groups excluding carboxylic acids is 2. The van der Waals surface area contributed by atoms with Crippen LogP contribution in [0.1, 0.15) is 118 Å². The molecule has 4 aliphatic heterocycles. The van der Waals surface area contributed by atoms with Gasteiger partial charge in [0.15, 0.2) is 0 Å². The number of H-pyrrole nitrogens is 1. The van der Waals surface area contributed by atoms with E-state index in [1.807, 2.05) is 40.1 Å². The number of carbonyl (C=O) groups is 2. The molecule has 12 rings (SSSR count).